The Morgan fingerprint density at radius 2 is 1.80 bits per heavy atom. The highest BCUT2D eigenvalue weighted by Crippen LogP contribution is 2.36. The minimum atomic E-state index is -0.490. The molecule has 0 spiro atoms. The van der Waals surface area contributed by atoms with E-state index < -0.39 is 12.7 Å². The monoisotopic (exact) mass is 417 g/mol. The van der Waals surface area contributed by atoms with E-state index in [2.05, 4.69) is 45.6 Å². The average molecular weight is 417 g/mol. The van der Waals surface area contributed by atoms with Crippen molar-refractivity contribution in [2.24, 2.45) is 0 Å². The zero-order chi connectivity index (χ0) is 22.5. The Labute approximate surface area is 181 Å². The summed E-state index contributed by atoms with van der Waals surface area (Å²) in [7, 11) is -0.417. The van der Waals surface area contributed by atoms with Gasteiger partial charge in [0.05, 0.1) is 11.2 Å². The molecule has 2 aliphatic rings. The van der Waals surface area contributed by atoms with Crippen LogP contribution in [0.25, 0.3) is 0 Å². The van der Waals surface area contributed by atoms with E-state index in [1.807, 2.05) is 33.9 Å². The van der Waals surface area contributed by atoms with E-state index in [1.165, 1.54) is 0 Å². The largest absolute Gasteiger partial charge is 0.496 e. The summed E-state index contributed by atoms with van der Waals surface area (Å²) in [4.78, 5) is 21.2. The standard InChI is InChI=1S/C22H36BN3O4/c1-15-12-18(24-13-17(15)23-29-21(6,7)22(8,9)30-23)25-10-11-26(16(2)14-25)19(27)28-20(3,4)5/h12-13,16H,10-11,14H2,1-9H3. The maximum absolute atomic E-state index is 12.5. The summed E-state index contributed by atoms with van der Waals surface area (Å²) < 4.78 is 17.9. The molecule has 166 valence electrons. The predicted molar refractivity (Wildman–Crippen MR) is 119 cm³/mol. The summed E-state index contributed by atoms with van der Waals surface area (Å²) in [5.41, 5.74) is 0.793. The fraction of sp³-hybridized carbons (Fsp3) is 0.727. The van der Waals surface area contributed by atoms with Crippen LogP contribution in [0.3, 0.4) is 0 Å². The number of hydrogen-bond donors (Lipinski definition) is 0. The number of aryl methyl sites for hydroxylation is 1. The number of carbonyl (C=O) groups is 1. The predicted octanol–water partition coefficient (Wildman–Crippen LogP) is 3.13. The van der Waals surface area contributed by atoms with Gasteiger partial charge < -0.3 is 23.8 Å². The summed E-state index contributed by atoms with van der Waals surface area (Å²) >= 11 is 0. The lowest BCUT2D eigenvalue weighted by atomic mass is 9.77. The number of aromatic nitrogens is 1. The third-order valence-corrected chi connectivity index (χ3v) is 6.22. The minimum Gasteiger partial charge on any atom is -0.444 e. The van der Waals surface area contributed by atoms with Crippen molar-refractivity contribution in [2.75, 3.05) is 24.5 Å². The Morgan fingerprint density at radius 3 is 2.30 bits per heavy atom. The molecule has 2 aliphatic heterocycles. The van der Waals surface area contributed by atoms with E-state index in [0.717, 1.165) is 16.8 Å². The van der Waals surface area contributed by atoms with Crippen LogP contribution in [-0.4, -0.2) is 65.6 Å². The first-order valence-corrected chi connectivity index (χ1v) is 10.8. The van der Waals surface area contributed by atoms with E-state index in [9.17, 15) is 4.79 Å². The van der Waals surface area contributed by atoms with E-state index in [1.54, 1.807) is 4.90 Å². The Bertz CT molecular complexity index is 790. The van der Waals surface area contributed by atoms with Gasteiger partial charge in [0.1, 0.15) is 11.4 Å². The van der Waals surface area contributed by atoms with Gasteiger partial charge in [0, 0.05) is 37.3 Å². The molecular formula is C22H36BN3O4. The molecule has 7 nitrogen and oxygen atoms in total. The van der Waals surface area contributed by atoms with Crippen LogP contribution in [0, 0.1) is 6.92 Å². The number of carbonyl (C=O) groups excluding carboxylic acids is 1. The van der Waals surface area contributed by atoms with Gasteiger partial charge >= 0.3 is 13.2 Å². The van der Waals surface area contributed by atoms with Gasteiger partial charge in [-0.3, -0.25) is 0 Å². The zero-order valence-electron chi connectivity index (χ0n) is 19.9. The van der Waals surface area contributed by atoms with Crippen LogP contribution in [0.2, 0.25) is 0 Å². The Morgan fingerprint density at radius 1 is 1.20 bits per heavy atom. The third-order valence-electron chi connectivity index (χ3n) is 6.22. The van der Waals surface area contributed by atoms with Crippen molar-refractivity contribution < 1.29 is 18.8 Å². The summed E-state index contributed by atoms with van der Waals surface area (Å²) in [6.45, 7) is 20.0. The molecule has 0 radical (unpaired) electrons. The first-order valence-electron chi connectivity index (χ1n) is 10.8. The van der Waals surface area contributed by atoms with Gasteiger partial charge in [0.25, 0.3) is 0 Å². The molecule has 0 aromatic carbocycles. The van der Waals surface area contributed by atoms with Gasteiger partial charge in [-0.15, -0.1) is 0 Å². The second-order valence-corrected chi connectivity index (χ2v) is 10.5. The molecule has 2 saturated heterocycles. The molecule has 8 heteroatoms. The van der Waals surface area contributed by atoms with Crippen molar-refractivity contribution in [3.8, 4) is 0 Å². The highest BCUT2D eigenvalue weighted by molar-refractivity contribution is 6.62. The number of anilines is 1. The molecule has 1 unspecified atom stereocenters. The molecule has 3 heterocycles. The zero-order valence-corrected chi connectivity index (χ0v) is 19.9. The molecule has 1 atom stereocenters. The first kappa shape index (κ1) is 22.9. The molecule has 0 bridgehead atoms. The lowest BCUT2D eigenvalue weighted by molar-refractivity contribution is 0.00578. The first-order chi connectivity index (χ1) is 13.7. The smallest absolute Gasteiger partial charge is 0.444 e. The van der Waals surface area contributed by atoms with Crippen LogP contribution in [0.4, 0.5) is 10.6 Å². The van der Waals surface area contributed by atoms with Crippen molar-refractivity contribution in [2.45, 2.75) is 85.2 Å². The summed E-state index contributed by atoms with van der Waals surface area (Å²) in [6.07, 6.45) is 1.60. The summed E-state index contributed by atoms with van der Waals surface area (Å²) in [5.74, 6) is 0.906. The van der Waals surface area contributed by atoms with E-state index in [-0.39, 0.29) is 23.3 Å². The lowest BCUT2D eigenvalue weighted by Gasteiger charge is -2.40. The second kappa shape index (κ2) is 7.72. The number of piperazine rings is 1. The SMILES string of the molecule is Cc1cc(N2CCN(C(=O)OC(C)(C)C)C(C)C2)ncc1B1OC(C)(C)C(C)(C)O1. The maximum Gasteiger partial charge on any atom is 0.496 e. The second-order valence-electron chi connectivity index (χ2n) is 10.5. The van der Waals surface area contributed by atoms with Crippen molar-refractivity contribution in [3.05, 3.63) is 17.8 Å². The van der Waals surface area contributed by atoms with E-state index in [4.69, 9.17) is 19.0 Å². The number of nitrogens with zero attached hydrogens (tertiary/aromatic N) is 3. The van der Waals surface area contributed by atoms with Crippen LogP contribution >= 0.6 is 0 Å². The molecule has 0 N–H and O–H groups in total. The van der Waals surface area contributed by atoms with Gasteiger partial charge in [-0.1, -0.05) is 0 Å². The molecule has 1 aromatic rings. The number of ether oxygens (including phenoxy) is 1. The van der Waals surface area contributed by atoms with Crippen molar-refractivity contribution >= 4 is 24.5 Å². The lowest BCUT2D eigenvalue weighted by Crippen LogP contribution is -2.55. The summed E-state index contributed by atoms with van der Waals surface area (Å²) in [6, 6.07) is 2.12. The number of amides is 1. The number of rotatable bonds is 2. The van der Waals surface area contributed by atoms with Crippen LogP contribution in [0.15, 0.2) is 12.3 Å². The van der Waals surface area contributed by atoms with Gasteiger partial charge in [-0.25, -0.2) is 9.78 Å². The quantitative estimate of drug-likeness (QED) is 0.689. The van der Waals surface area contributed by atoms with Crippen LogP contribution in [-0.2, 0) is 14.0 Å². The number of hydrogen-bond acceptors (Lipinski definition) is 6. The summed E-state index contributed by atoms with van der Waals surface area (Å²) in [5, 5.41) is 0. The molecule has 2 fully saturated rings. The van der Waals surface area contributed by atoms with Crippen LogP contribution in [0.1, 0.15) is 61.0 Å². The Hall–Kier alpha value is -1.80. The molecule has 30 heavy (non-hydrogen) atoms. The molecule has 1 amide bonds. The van der Waals surface area contributed by atoms with Crippen LogP contribution in [0.5, 0.6) is 0 Å². The highest BCUT2D eigenvalue weighted by Gasteiger charge is 2.52. The minimum absolute atomic E-state index is 0.0403. The molecular weight excluding hydrogens is 381 g/mol. The van der Waals surface area contributed by atoms with E-state index in [0.29, 0.717) is 19.6 Å². The molecule has 1 aromatic heterocycles. The highest BCUT2D eigenvalue weighted by atomic mass is 16.7. The molecule has 0 aliphatic carbocycles. The normalized spacial score (nSPS) is 23.6. The average Bonchev–Trinajstić information content (AvgIpc) is 2.80. The van der Waals surface area contributed by atoms with Gasteiger partial charge in [0.2, 0.25) is 0 Å². The van der Waals surface area contributed by atoms with E-state index >= 15 is 0 Å². The van der Waals surface area contributed by atoms with Crippen molar-refractivity contribution in [3.63, 3.8) is 0 Å². The maximum atomic E-state index is 12.5. The molecule has 0 saturated carbocycles. The topological polar surface area (TPSA) is 64.1 Å². The number of pyridine rings is 1. The third kappa shape index (κ3) is 4.59. The fourth-order valence-corrected chi connectivity index (χ4v) is 3.70. The molecule has 3 rings (SSSR count). The van der Waals surface area contributed by atoms with Gasteiger partial charge in [-0.2, -0.15) is 0 Å². The Kier molecular flexibility index (Phi) is 5.88. The fourth-order valence-electron chi connectivity index (χ4n) is 3.70. The van der Waals surface area contributed by atoms with Crippen molar-refractivity contribution in [1.82, 2.24) is 9.88 Å². The van der Waals surface area contributed by atoms with Gasteiger partial charge in [-0.05, 0) is 73.9 Å². The Balaban J connectivity index is 1.69. The van der Waals surface area contributed by atoms with Gasteiger partial charge in [0.15, 0.2) is 0 Å². The van der Waals surface area contributed by atoms with Crippen LogP contribution < -0.4 is 10.4 Å². The van der Waals surface area contributed by atoms with Crippen molar-refractivity contribution in [1.29, 1.82) is 0 Å².